The van der Waals surface area contributed by atoms with E-state index in [0.717, 1.165) is 56.6 Å². The monoisotopic (exact) mass is 399 g/mol. The smallest absolute Gasteiger partial charge is 0.253 e. The Labute approximate surface area is 175 Å². The first-order chi connectivity index (χ1) is 14.0. The Morgan fingerprint density at radius 2 is 1.76 bits per heavy atom. The van der Waals surface area contributed by atoms with Crippen molar-refractivity contribution in [2.75, 3.05) is 32.7 Å². The van der Waals surface area contributed by atoms with Gasteiger partial charge in [-0.15, -0.1) is 0 Å². The van der Waals surface area contributed by atoms with Crippen LogP contribution in [0.25, 0.3) is 0 Å². The zero-order valence-electron chi connectivity index (χ0n) is 18.2. The molecule has 29 heavy (non-hydrogen) atoms. The largest absolute Gasteiger partial charge is 0.356 e. The van der Waals surface area contributed by atoms with Gasteiger partial charge in [-0.05, 0) is 70.5 Å². The summed E-state index contributed by atoms with van der Waals surface area (Å²) < 4.78 is 0. The topological polar surface area (TPSA) is 52.7 Å². The number of benzene rings is 1. The molecule has 0 spiro atoms. The summed E-state index contributed by atoms with van der Waals surface area (Å²) in [6.07, 6.45) is 7.40. The van der Waals surface area contributed by atoms with Gasteiger partial charge in [0.25, 0.3) is 5.91 Å². The van der Waals surface area contributed by atoms with E-state index in [1.165, 1.54) is 25.8 Å². The van der Waals surface area contributed by atoms with Crippen molar-refractivity contribution < 1.29 is 9.59 Å². The predicted octanol–water partition coefficient (Wildman–Crippen LogP) is 3.62. The molecule has 1 unspecified atom stereocenters. The van der Waals surface area contributed by atoms with Gasteiger partial charge in [0, 0.05) is 44.2 Å². The molecule has 2 amide bonds. The van der Waals surface area contributed by atoms with Crippen molar-refractivity contribution in [2.45, 2.75) is 64.8 Å². The predicted molar refractivity (Wildman–Crippen MR) is 117 cm³/mol. The molecular weight excluding hydrogens is 362 g/mol. The number of piperidine rings is 2. The molecule has 0 aliphatic carbocycles. The third-order valence-electron chi connectivity index (χ3n) is 6.56. The van der Waals surface area contributed by atoms with Crippen molar-refractivity contribution in [2.24, 2.45) is 5.92 Å². The Bertz CT molecular complexity index is 665. The molecule has 160 valence electrons. The van der Waals surface area contributed by atoms with Crippen LogP contribution in [0.2, 0.25) is 0 Å². The molecule has 2 heterocycles. The average molecular weight is 400 g/mol. The number of aryl methyl sites for hydroxylation is 1. The lowest BCUT2D eigenvalue weighted by Crippen LogP contribution is -2.40. The summed E-state index contributed by atoms with van der Waals surface area (Å²) in [7, 11) is 0. The first-order valence-electron chi connectivity index (χ1n) is 11.4. The van der Waals surface area contributed by atoms with Gasteiger partial charge in [0.2, 0.25) is 5.91 Å². The van der Waals surface area contributed by atoms with Crippen LogP contribution in [0.1, 0.15) is 67.8 Å². The number of amides is 2. The third kappa shape index (κ3) is 6.56. The molecular formula is C24H37N3O2. The fourth-order valence-electron chi connectivity index (χ4n) is 4.55. The van der Waals surface area contributed by atoms with Crippen LogP contribution in [0.5, 0.6) is 0 Å². The van der Waals surface area contributed by atoms with Gasteiger partial charge in [0.15, 0.2) is 0 Å². The molecule has 5 nitrogen and oxygen atoms in total. The van der Waals surface area contributed by atoms with E-state index in [-0.39, 0.29) is 11.8 Å². The van der Waals surface area contributed by atoms with Crippen LogP contribution in [0.15, 0.2) is 24.3 Å². The van der Waals surface area contributed by atoms with E-state index in [9.17, 15) is 9.59 Å². The second-order valence-corrected chi connectivity index (χ2v) is 8.89. The van der Waals surface area contributed by atoms with Gasteiger partial charge >= 0.3 is 0 Å². The lowest BCUT2D eigenvalue weighted by Gasteiger charge is -2.33. The molecule has 2 aliphatic rings. The molecule has 1 aromatic rings. The van der Waals surface area contributed by atoms with E-state index >= 15 is 0 Å². The van der Waals surface area contributed by atoms with Crippen molar-refractivity contribution in [1.82, 2.24) is 15.1 Å². The zero-order valence-corrected chi connectivity index (χ0v) is 18.2. The van der Waals surface area contributed by atoms with Crippen LogP contribution in [-0.4, -0.2) is 60.4 Å². The van der Waals surface area contributed by atoms with Crippen LogP contribution in [0, 0.1) is 12.8 Å². The molecule has 1 aromatic carbocycles. The summed E-state index contributed by atoms with van der Waals surface area (Å²) in [5.41, 5.74) is 1.92. The highest BCUT2D eigenvalue weighted by Gasteiger charge is 2.25. The number of hydrogen-bond acceptors (Lipinski definition) is 3. The Kier molecular flexibility index (Phi) is 8.10. The molecule has 2 saturated heterocycles. The maximum atomic E-state index is 12.6. The second kappa shape index (κ2) is 10.8. The van der Waals surface area contributed by atoms with Crippen LogP contribution in [0.4, 0.5) is 0 Å². The Hall–Kier alpha value is -1.88. The summed E-state index contributed by atoms with van der Waals surface area (Å²) >= 11 is 0. The number of rotatable bonds is 7. The maximum Gasteiger partial charge on any atom is 0.253 e. The Morgan fingerprint density at radius 3 is 2.45 bits per heavy atom. The van der Waals surface area contributed by atoms with E-state index in [1.807, 2.05) is 36.1 Å². The molecule has 0 aromatic heterocycles. The maximum absolute atomic E-state index is 12.6. The molecule has 2 aliphatic heterocycles. The quantitative estimate of drug-likeness (QED) is 0.713. The summed E-state index contributed by atoms with van der Waals surface area (Å²) in [6.45, 7) is 8.89. The third-order valence-corrected chi connectivity index (χ3v) is 6.56. The molecule has 0 radical (unpaired) electrons. The van der Waals surface area contributed by atoms with Crippen LogP contribution in [-0.2, 0) is 4.79 Å². The highest BCUT2D eigenvalue weighted by molar-refractivity contribution is 5.94. The minimum Gasteiger partial charge on any atom is -0.356 e. The molecule has 1 N–H and O–H groups in total. The SMILES string of the molecule is Cc1ccc(C(=O)N2CCC(CC(=O)NCCCN3CCCCC3C)CC2)cc1. The van der Waals surface area contributed by atoms with Gasteiger partial charge in [-0.1, -0.05) is 24.1 Å². The van der Waals surface area contributed by atoms with E-state index in [0.29, 0.717) is 18.4 Å². The average Bonchev–Trinajstić information content (AvgIpc) is 2.73. The van der Waals surface area contributed by atoms with Crippen LogP contribution >= 0.6 is 0 Å². The van der Waals surface area contributed by atoms with Crippen LogP contribution < -0.4 is 5.32 Å². The van der Waals surface area contributed by atoms with Gasteiger partial charge in [-0.25, -0.2) is 0 Å². The number of nitrogens with one attached hydrogen (secondary N) is 1. The van der Waals surface area contributed by atoms with Gasteiger partial charge in [-0.3, -0.25) is 9.59 Å². The molecule has 1 atom stereocenters. The zero-order chi connectivity index (χ0) is 20.6. The lowest BCUT2D eigenvalue weighted by atomic mass is 9.92. The van der Waals surface area contributed by atoms with E-state index in [2.05, 4.69) is 17.1 Å². The minimum atomic E-state index is 0.111. The first-order valence-corrected chi connectivity index (χ1v) is 11.4. The van der Waals surface area contributed by atoms with Crippen LogP contribution in [0.3, 0.4) is 0 Å². The van der Waals surface area contributed by atoms with Gasteiger partial charge in [-0.2, -0.15) is 0 Å². The summed E-state index contributed by atoms with van der Waals surface area (Å²) in [5, 5.41) is 3.10. The van der Waals surface area contributed by atoms with Gasteiger partial charge in [0.05, 0.1) is 0 Å². The van der Waals surface area contributed by atoms with Gasteiger partial charge in [0.1, 0.15) is 0 Å². The second-order valence-electron chi connectivity index (χ2n) is 8.89. The van der Waals surface area contributed by atoms with E-state index in [4.69, 9.17) is 0 Å². The molecule has 0 saturated carbocycles. The fraction of sp³-hybridized carbons (Fsp3) is 0.667. The minimum absolute atomic E-state index is 0.111. The van der Waals surface area contributed by atoms with E-state index < -0.39 is 0 Å². The number of nitrogens with zero attached hydrogens (tertiary/aromatic N) is 2. The normalized spacial score (nSPS) is 21.2. The highest BCUT2D eigenvalue weighted by Crippen LogP contribution is 2.22. The van der Waals surface area contributed by atoms with Crippen molar-refractivity contribution in [3.05, 3.63) is 35.4 Å². The number of carbonyl (C=O) groups excluding carboxylic acids is 2. The Balaban J connectivity index is 1.31. The number of likely N-dealkylation sites (tertiary alicyclic amines) is 2. The molecule has 2 fully saturated rings. The van der Waals surface area contributed by atoms with Crippen molar-refractivity contribution in [3.63, 3.8) is 0 Å². The molecule has 0 bridgehead atoms. The Morgan fingerprint density at radius 1 is 1.03 bits per heavy atom. The summed E-state index contributed by atoms with van der Waals surface area (Å²) in [5.74, 6) is 0.666. The fourth-order valence-corrected chi connectivity index (χ4v) is 4.55. The number of carbonyl (C=O) groups is 2. The summed E-state index contributed by atoms with van der Waals surface area (Å²) in [6, 6.07) is 8.46. The van der Waals surface area contributed by atoms with Crippen molar-refractivity contribution >= 4 is 11.8 Å². The van der Waals surface area contributed by atoms with Gasteiger partial charge < -0.3 is 15.1 Å². The molecule has 3 rings (SSSR count). The number of hydrogen-bond donors (Lipinski definition) is 1. The first kappa shape index (κ1) is 21.8. The van der Waals surface area contributed by atoms with Crippen molar-refractivity contribution in [1.29, 1.82) is 0 Å². The highest BCUT2D eigenvalue weighted by atomic mass is 16.2. The standard InChI is InChI=1S/C24H37N3O2/c1-19-7-9-22(10-8-19)24(29)27-16-11-21(12-17-27)18-23(28)25-13-5-15-26-14-4-3-6-20(26)2/h7-10,20-21H,3-6,11-18H2,1-2H3,(H,25,28). The molecule has 5 heteroatoms. The summed E-state index contributed by atoms with van der Waals surface area (Å²) in [4.78, 5) is 29.4. The van der Waals surface area contributed by atoms with E-state index in [1.54, 1.807) is 0 Å². The van der Waals surface area contributed by atoms with Crippen molar-refractivity contribution in [3.8, 4) is 0 Å². The lowest BCUT2D eigenvalue weighted by molar-refractivity contribution is -0.122.